The summed E-state index contributed by atoms with van der Waals surface area (Å²) in [6.07, 6.45) is 3.25. The first-order chi connectivity index (χ1) is 12.0. The normalized spacial score (nSPS) is 16.0. The van der Waals surface area contributed by atoms with Crippen LogP contribution in [0, 0.1) is 16.0 Å². The molecule has 0 saturated carbocycles. The van der Waals surface area contributed by atoms with Gasteiger partial charge in [-0.25, -0.2) is 4.68 Å². The average molecular weight is 381 g/mol. The number of piperidine rings is 1. The number of amides is 1. The Labute approximate surface area is 156 Å². The monoisotopic (exact) mass is 380 g/mol. The molecule has 2 aromatic rings. The molecule has 1 fully saturated rings. The lowest BCUT2D eigenvalue weighted by Crippen LogP contribution is -2.42. The summed E-state index contributed by atoms with van der Waals surface area (Å²) in [6, 6.07) is 6.15. The van der Waals surface area contributed by atoms with E-state index < -0.39 is 4.92 Å². The summed E-state index contributed by atoms with van der Waals surface area (Å²) in [5.41, 5.74) is 6.59. The number of non-ortho nitro benzene ring substituents is 1. The van der Waals surface area contributed by atoms with Gasteiger partial charge in [-0.2, -0.15) is 0 Å². The van der Waals surface area contributed by atoms with Crippen LogP contribution in [-0.4, -0.2) is 49.9 Å². The minimum absolute atomic E-state index is 0. The first-order valence-electron chi connectivity index (χ1n) is 8.17. The van der Waals surface area contributed by atoms with Crippen LogP contribution in [0.4, 0.5) is 5.69 Å². The number of rotatable bonds is 4. The van der Waals surface area contributed by atoms with Crippen LogP contribution in [0.3, 0.4) is 0 Å². The van der Waals surface area contributed by atoms with Crippen LogP contribution in [0.5, 0.6) is 0 Å². The lowest BCUT2D eigenvalue weighted by atomic mass is 9.91. The molecule has 0 radical (unpaired) electrons. The van der Waals surface area contributed by atoms with Crippen LogP contribution in [0.15, 0.2) is 30.5 Å². The number of carbonyl (C=O) groups excluding carboxylic acids is 1. The van der Waals surface area contributed by atoms with E-state index in [1.165, 1.54) is 23.0 Å². The van der Waals surface area contributed by atoms with Crippen LogP contribution in [0.2, 0.25) is 0 Å². The number of likely N-dealkylation sites (tertiary alicyclic amines) is 1. The Morgan fingerprint density at radius 3 is 2.69 bits per heavy atom. The number of nitro benzene ring substituents is 1. The van der Waals surface area contributed by atoms with E-state index in [9.17, 15) is 14.9 Å². The first-order valence-corrected chi connectivity index (χ1v) is 8.17. The highest BCUT2D eigenvalue weighted by atomic mass is 35.5. The van der Waals surface area contributed by atoms with Crippen molar-refractivity contribution in [3.8, 4) is 5.69 Å². The summed E-state index contributed by atoms with van der Waals surface area (Å²) in [4.78, 5) is 24.7. The second-order valence-corrected chi connectivity index (χ2v) is 6.31. The highest BCUT2D eigenvalue weighted by molar-refractivity contribution is 5.92. The Kier molecular flexibility index (Phi) is 6.27. The molecule has 2 heterocycles. The Morgan fingerprint density at radius 1 is 1.38 bits per heavy atom. The van der Waals surface area contributed by atoms with E-state index in [-0.39, 0.29) is 35.7 Å². The van der Waals surface area contributed by atoms with Crippen molar-refractivity contribution in [3.05, 3.63) is 46.3 Å². The summed E-state index contributed by atoms with van der Waals surface area (Å²) in [5, 5.41) is 18.7. The van der Waals surface area contributed by atoms with Crippen LogP contribution in [-0.2, 0) is 0 Å². The molecule has 1 aromatic carbocycles. The first kappa shape index (κ1) is 19.8. The van der Waals surface area contributed by atoms with Crippen molar-refractivity contribution in [1.82, 2.24) is 19.9 Å². The Hall–Kier alpha value is -2.52. The van der Waals surface area contributed by atoms with Crippen molar-refractivity contribution in [2.24, 2.45) is 11.7 Å². The molecule has 140 valence electrons. The number of aromatic nitrogens is 3. The quantitative estimate of drug-likeness (QED) is 0.637. The Morgan fingerprint density at radius 2 is 2.08 bits per heavy atom. The van der Waals surface area contributed by atoms with Crippen molar-refractivity contribution in [3.63, 3.8) is 0 Å². The maximum Gasteiger partial charge on any atom is 0.276 e. The number of benzene rings is 1. The summed E-state index contributed by atoms with van der Waals surface area (Å²) in [7, 11) is 0. The van der Waals surface area contributed by atoms with Crippen molar-refractivity contribution < 1.29 is 9.72 Å². The van der Waals surface area contributed by atoms with Crippen LogP contribution in [0.25, 0.3) is 5.69 Å². The topological polar surface area (TPSA) is 120 Å². The fourth-order valence-electron chi connectivity index (χ4n) is 3.03. The van der Waals surface area contributed by atoms with Crippen molar-refractivity contribution in [2.75, 3.05) is 13.1 Å². The Balaban J connectivity index is 0.00000243. The lowest BCUT2D eigenvalue weighted by molar-refractivity contribution is -0.384. The molecule has 1 unspecified atom stereocenters. The van der Waals surface area contributed by atoms with Gasteiger partial charge in [0.15, 0.2) is 5.69 Å². The number of nitro groups is 1. The fourth-order valence-corrected chi connectivity index (χ4v) is 3.03. The molecule has 2 N–H and O–H groups in total. The van der Waals surface area contributed by atoms with Gasteiger partial charge in [0.05, 0.1) is 16.8 Å². The van der Waals surface area contributed by atoms with Gasteiger partial charge in [-0.3, -0.25) is 14.9 Å². The molecule has 0 bridgehead atoms. The average Bonchev–Trinajstić information content (AvgIpc) is 3.11. The summed E-state index contributed by atoms with van der Waals surface area (Å²) in [6.45, 7) is 3.29. The number of hydrogen-bond donors (Lipinski definition) is 1. The molecule has 1 aliphatic rings. The molecule has 1 amide bonds. The molecule has 9 nitrogen and oxygen atoms in total. The third kappa shape index (κ3) is 4.17. The maximum absolute atomic E-state index is 12.6. The SMILES string of the molecule is CC(N)C1CCN(C(=O)c2cn(-c3cccc([N+](=O)[O-])c3)nn2)CC1.Cl. The minimum atomic E-state index is -0.477. The van der Waals surface area contributed by atoms with Gasteiger partial charge in [0.2, 0.25) is 0 Å². The van der Waals surface area contributed by atoms with E-state index >= 15 is 0 Å². The Bertz CT molecular complexity index is 786. The molecule has 0 aliphatic carbocycles. The summed E-state index contributed by atoms with van der Waals surface area (Å²) in [5.74, 6) is 0.254. The van der Waals surface area contributed by atoms with E-state index in [0.29, 0.717) is 24.7 Å². The van der Waals surface area contributed by atoms with Gasteiger partial charge in [0.25, 0.3) is 11.6 Å². The van der Waals surface area contributed by atoms with E-state index in [2.05, 4.69) is 10.3 Å². The van der Waals surface area contributed by atoms with E-state index in [1.54, 1.807) is 17.0 Å². The molecule has 0 spiro atoms. The standard InChI is InChI=1S/C16H20N6O3.ClH/c1-11(17)12-5-7-20(8-6-12)16(23)15-10-21(19-18-15)13-3-2-4-14(9-13)22(24)25;/h2-4,9-12H,5-8,17H2,1H3;1H. The molecule has 1 aliphatic heterocycles. The van der Waals surface area contributed by atoms with Gasteiger partial charge in [-0.1, -0.05) is 11.3 Å². The predicted octanol–water partition coefficient (Wildman–Crippen LogP) is 1.80. The number of nitrogens with two attached hydrogens (primary N) is 1. The molecule has 1 saturated heterocycles. The zero-order valence-electron chi connectivity index (χ0n) is 14.3. The van der Waals surface area contributed by atoms with Gasteiger partial charge in [-0.05, 0) is 31.7 Å². The molecular formula is C16H21ClN6O3. The molecule has 10 heteroatoms. The highest BCUT2D eigenvalue weighted by Gasteiger charge is 2.27. The zero-order valence-corrected chi connectivity index (χ0v) is 15.1. The van der Waals surface area contributed by atoms with E-state index in [4.69, 9.17) is 5.73 Å². The number of carbonyl (C=O) groups is 1. The molecule has 1 atom stereocenters. The minimum Gasteiger partial charge on any atom is -0.337 e. The van der Waals surface area contributed by atoms with Crippen LogP contribution in [0.1, 0.15) is 30.3 Å². The smallest absolute Gasteiger partial charge is 0.276 e. The van der Waals surface area contributed by atoms with Crippen LogP contribution < -0.4 is 5.73 Å². The van der Waals surface area contributed by atoms with Crippen molar-refractivity contribution in [1.29, 1.82) is 0 Å². The van der Waals surface area contributed by atoms with Crippen LogP contribution >= 0.6 is 12.4 Å². The zero-order chi connectivity index (χ0) is 18.0. The molecule has 1 aromatic heterocycles. The van der Waals surface area contributed by atoms with Gasteiger partial charge in [0, 0.05) is 31.3 Å². The fraction of sp³-hybridized carbons (Fsp3) is 0.438. The van der Waals surface area contributed by atoms with Crippen molar-refractivity contribution >= 4 is 24.0 Å². The van der Waals surface area contributed by atoms with Gasteiger partial charge in [-0.15, -0.1) is 17.5 Å². The second-order valence-electron chi connectivity index (χ2n) is 6.31. The number of nitrogens with zero attached hydrogens (tertiary/aromatic N) is 5. The number of halogens is 1. The van der Waals surface area contributed by atoms with Crippen molar-refractivity contribution in [2.45, 2.75) is 25.8 Å². The largest absolute Gasteiger partial charge is 0.337 e. The summed E-state index contributed by atoms with van der Waals surface area (Å²) >= 11 is 0. The number of hydrogen-bond acceptors (Lipinski definition) is 6. The van der Waals surface area contributed by atoms with E-state index in [0.717, 1.165) is 12.8 Å². The third-order valence-electron chi connectivity index (χ3n) is 4.59. The second kappa shape index (κ2) is 8.24. The van der Waals surface area contributed by atoms with Gasteiger partial charge < -0.3 is 10.6 Å². The lowest BCUT2D eigenvalue weighted by Gasteiger charge is -2.33. The third-order valence-corrected chi connectivity index (χ3v) is 4.59. The van der Waals surface area contributed by atoms with Gasteiger partial charge >= 0.3 is 0 Å². The van der Waals surface area contributed by atoms with Gasteiger partial charge in [0.1, 0.15) is 0 Å². The van der Waals surface area contributed by atoms with E-state index in [1.807, 2.05) is 6.92 Å². The predicted molar refractivity (Wildman–Crippen MR) is 97.5 cm³/mol. The molecular weight excluding hydrogens is 360 g/mol. The summed E-state index contributed by atoms with van der Waals surface area (Å²) < 4.78 is 1.37. The molecule has 26 heavy (non-hydrogen) atoms. The molecule has 3 rings (SSSR count). The highest BCUT2D eigenvalue weighted by Crippen LogP contribution is 2.21. The maximum atomic E-state index is 12.6.